The first-order valence-corrected chi connectivity index (χ1v) is 8.75. The van der Waals surface area contributed by atoms with Crippen LogP contribution >= 0.6 is 0 Å². The van der Waals surface area contributed by atoms with Gasteiger partial charge >= 0.3 is 0 Å². The minimum absolute atomic E-state index is 0.0121. The summed E-state index contributed by atoms with van der Waals surface area (Å²) in [5, 5.41) is 7.31. The number of benzene rings is 1. The van der Waals surface area contributed by atoms with Gasteiger partial charge < -0.3 is 15.0 Å². The molecule has 0 bridgehead atoms. The third-order valence-electron chi connectivity index (χ3n) is 4.73. The molecule has 1 aliphatic heterocycles. The maximum absolute atomic E-state index is 12.2. The van der Waals surface area contributed by atoms with Crippen molar-refractivity contribution in [3.8, 4) is 5.75 Å². The minimum Gasteiger partial charge on any atom is -0.482 e. The highest BCUT2D eigenvalue weighted by Crippen LogP contribution is 2.31. The summed E-state index contributed by atoms with van der Waals surface area (Å²) in [5.74, 6) is 0.481. The third kappa shape index (κ3) is 3.71. The molecule has 2 heterocycles. The van der Waals surface area contributed by atoms with Gasteiger partial charge in [0.05, 0.1) is 11.4 Å². The maximum Gasteiger partial charge on any atom is 0.265 e. The molecule has 26 heavy (non-hydrogen) atoms. The van der Waals surface area contributed by atoms with Gasteiger partial charge in [0, 0.05) is 32.3 Å². The second-order valence-corrected chi connectivity index (χ2v) is 6.42. The van der Waals surface area contributed by atoms with Crippen molar-refractivity contribution in [2.45, 2.75) is 26.7 Å². The van der Waals surface area contributed by atoms with Gasteiger partial charge in [-0.2, -0.15) is 5.10 Å². The van der Waals surface area contributed by atoms with E-state index in [2.05, 4.69) is 10.4 Å². The van der Waals surface area contributed by atoms with Crippen LogP contribution in [0.2, 0.25) is 0 Å². The van der Waals surface area contributed by atoms with E-state index < -0.39 is 0 Å². The quantitative estimate of drug-likeness (QED) is 0.851. The number of para-hydroxylation sites is 2. The fraction of sp³-hybridized carbons (Fsp3) is 0.421. The Bertz CT molecular complexity index is 828. The van der Waals surface area contributed by atoms with Crippen LogP contribution in [0.1, 0.15) is 23.4 Å². The molecule has 0 atom stereocenters. The Balaban J connectivity index is 1.51. The Morgan fingerprint density at radius 3 is 2.81 bits per heavy atom. The molecule has 1 aromatic heterocycles. The summed E-state index contributed by atoms with van der Waals surface area (Å²) in [6, 6.07) is 7.38. The number of nitrogens with one attached hydrogen (secondary N) is 1. The SMILES string of the molecule is Cc1nn(C)c(C)c1CCNC(=O)CCN1C(=O)COc2ccccc21. The topological polar surface area (TPSA) is 76.5 Å². The van der Waals surface area contributed by atoms with Crippen LogP contribution in [-0.2, 0) is 23.1 Å². The molecule has 1 aromatic carbocycles. The van der Waals surface area contributed by atoms with Gasteiger partial charge in [-0.15, -0.1) is 0 Å². The molecular weight excluding hydrogens is 332 g/mol. The second kappa shape index (κ2) is 7.59. The van der Waals surface area contributed by atoms with Crippen molar-refractivity contribution in [3.05, 3.63) is 41.2 Å². The molecule has 2 aromatic rings. The van der Waals surface area contributed by atoms with Crippen LogP contribution < -0.4 is 15.0 Å². The second-order valence-electron chi connectivity index (χ2n) is 6.42. The number of amides is 2. The fourth-order valence-electron chi connectivity index (χ4n) is 3.21. The number of carbonyl (C=O) groups is 2. The van der Waals surface area contributed by atoms with E-state index in [1.165, 1.54) is 5.56 Å². The molecule has 1 aliphatic rings. The van der Waals surface area contributed by atoms with Gasteiger partial charge in [0.15, 0.2) is 6.61 Å². The summed E-state index contributed by atoms with van der Waals surface area (Å²) in [6.07, 6.45) is 1.00. The zero-order chi connectivity index (χ0) is 18.7. The fourth-order valence-corrected chi connectivity index (χ4v) is 3.21. The number of nitrogens with zero attached hydrogens (tertiary/aromatic N) is 3. The van der Waals surface area contributed by atoms with Crippen molar-refractivity contribution in [1.82, 2.24) is 15.1 Å². The van der Waals surface area contributed by atoms with Crippen LogP contribution in [0.4, 0.5) is 5.69 Å². The van der Waals surface area contributed by atoms with Crippen LogP contribution in [0.3, 0.4) is 0 Å². The number of aryl methyl sites for hydroxylation is 2. The number of carbonyl (C=O) groups excluding carboxylic acids is 2. The summed E-state index contributed by atoms with van der Waals surface area (Å²) < 4.78 is 7.27. The summed E-state index contributed by atoms with van der Waals surface area (Å²) in [5.41, 5.74) is 4.00. The van der Waals surface area contributed by atoms with E-state index in [-0.39, 0.29) is 24.8 Å². The number of hydrogen-bond donors (Lipinski definition) is 1. The first-order valence-electron chi connectivity index (χ1n) is 8.75. The third-order valence-corrected chi connectivity index (χ3v) is 4.73. The van der Waals surface area contributed by atoms with E-state index >= 15 is 0 Å². The van der Waals surface area contributed by atoms with Crippen LogP contribution in [0.15, 0.2) is 24.3 Å². The molecule has 0 fully saturated rings. The molecule has 0 spiro atoms. The molecule has 0 aliphatic carbocycles. The Morgan fingerprint density at radius 1 is 1.31 bits per heavy atom. The van der Waals surface area contributed by atoms with Crippen LogP contribution in [0, 0.1) is 13.8 Å². The number of hydrogen-bond acceptors (Lipinski definition) is 4. The molecule has 7 nitrogen and oxygen atoms in total. The maximum atomic E-state index is 12.2. The Hall–Kier alpha value is -2.83. The normalized spacial score (nSPS) is 13.3. The molecular formula is C19H24N4O3. The molecule has 0 unspecified atom stereocenters. The lowest BCUT2D eigenvalue weighted by atomic mass is 10.1. The number of rotatable bonds is 6. The van der Waals surface area contributed by atoms with Crippen molar-refractivity contribution in [2.75, 3.05) is 24.6 Å². The summed E-state index contributed by atoms with van der Waals surface area (Å²) in [6.45, 7) is 4.91. The molecule has 0 radical (unpaired) electrons. The van der Waals surface area contributed by atoms with E-state index in [1.54, 1.807) is 4.90 Å². The molecule has 2 amide bonds. The molecule has 0 saturated carbocycles. The molecule has 0 saturated heterocycles. The van der Waals surface area contributed by atoms with Gasteiger partial charge in [-0.05, 0) is 38.0 Å². The standard InChI is InChI=1S/C19H24N4O3/c1-13-15(14(2)22(3)21-13)8-10-20-18(24)9-11-23-16-6-4-5-7-17(16)26-12-19(23)25/h4-7H,8-12H2,1-3H3,(H,20,24). The predicted molar refractivity (Wildman–Crippen MR) is 98.3 cm³/mol. The van der Waals surface area contributed by atoms with Gasteiger partial charge in [-0.3, -0.25) is 14.3 Å². The smallest absolute Gasteiger partial charge is 0.265 e. The summed E-state index contributed by atoms with van der Waals surface area (Å²) >= 11 is 0. The van der Waals surface area contributed by atoms with E-state index in [0.717, 1.165) is 23.5 Å². The lowest BCUT2D eigenvalue weighted by Gasteiger charge is -2.29. The predicted octanol–water partition coefficient (Wildman–Crippen LogP) is 1.51. The van der Waals surface area contributed by atoms with Crippen LogP contribution in [-0.4, -0.2) is 41.3 Å². The number of fused-ring (bicyclic) bond motifs is 1. The minimum atomic E-state index is -0.127. The van der Waals surface area contributed by atoms with Crippen molar-refractivity contribution < 1.29 is 14.3 Å². The van der Waals surface area contributed by atoms with Crippen molar-refractivity contribution in [1.29, 1.82) is 0 Å². The highest BCUT2D eigenvalue weighted by molar-refractivity contribution is 5.98. The zero-order valence-electron chi connectivity index (χ0n) is 15.4. The average Bonchev–Trinajstić information content (AvgIpc) is 2.87. The van der Waals surface area contributed by atoms with E-state index in [0.29, 0.717) is 18.8 Å². The highest BCUT2D eigenvalue weighted by Gasteiger charge is 2.25. The average molecular weight is 356 g/mol. The van der Waals surface area contributed by atoms with Crippen molar-refractivity contribution >= 4 is 17.5 Å². The lowest BCUT2D eigenvalue weighted by Crippen LogP contribution is -2.41. The molecule has 138 valence electrons. The largest absolute Gasteiger partial charge is 0.482 e. The van der Waals surface area contributed by atoms with E-state index in [4.69, 9.17) is 4.74 Å². The number of aromatic nitrogens is 2. The highest BCUT2D eigenvalue weighted by atomic mass is 16.5. The molecule has 1 N–H and O–H groups in total. The van der Waals surface area contributed by atoms with Gasteiger partial charge in [-0.1, -0.05) is 12.1 Å². The van der Waals surface area contributed by atoms with Gasteiger partial charge in [0.25, 0.3) is 5.91 Å². The number of ether oxygens (including phenoxy) is 1. The Kier molecular flexibility index (Phi) is 5.25. The van der Waals surface area contributed by atoms with Gasteiger partial charge in [-0.25, -0.2) is 0 Å². The van der Waals surface area contributed by atoms with Gasteiger partial charge in [0.2, 0.25) is 5.91 Å². The summed E-state index contributed by atoms with van der Waals surface area (Å²) in [7, 11) is 1.92. The Labute approximate surface area is 152 Å². The number of anilines is 1. The first kappa shape index (κ1) is 18.0. The van der Waals surface area contributed by atoms with Crippen molar-refractivity contribution in [2.24, 2.45) is 7.05 Å². The van der Waals surface area contributed by atoms with E-state index in [1.807, 2.05) is 49.8 Å². The first-order chi connectivity index (χ1) is 12.5. The van der Waals surface area contributed by atoms with E-state index in [9.17, 15) is 9.59 Å². The van der Waals surface area contributed by atoms with Crippen LogP contribution in [0.5, 0.6) is 5.75 Å². The van der Waals surface area contributed by atoms with Crippen molar-refractivity contribution in [3.63, 3.8) is 0 Å². The van der Waals surface area contributed by atoms with Crippen LogP contribution in [0.25, 0.3) is 0 Å². The monoisotopic (exact) mass is 356 g/mol. The summed E-state index contributed by atoms with van der Waals surface area (Å²) in [4.78, 5) is 25.9. The van der Waals surface area contributed by atoms with Gasteiger partial charge in [0.1, 0.15) is 5.75 Å². The Morgan fingerprint density at radius 2 is 2.08 bits per heavy atom. The zero-order valence-corrected chi connectivity index (χ0v) is 15.4. The molecule has 3 rings (SSSR count). The lowest BCUT2D eigenvalue weighted by molar-refractivity contribution is -0.122. The molecule has 7 heteroatoms.